The summed E-state index contributed by atoms with van der Waals surface area (Å²) in [5.41, 5.74) is 2.94. The second-order valence-electron chi connectivity index (χ2n) is 9.79. The summed E-state index contributed by atoms with van der Waals surface area (Å²) in [5, 5.41) is 2.94. The average molecular weight is 549 g/mol. The van der Waals surface area contributed by atoms with E-state index in [-0.39, 0.29) is 12.5 Å². The van der Waals surface area contributed by atoms with Gasteiger partial charge in [0.2, 0.25) is 0 Å². The van der Waals surface area contributed by atoms with E-state index >= 15 is 0 Å². The van der Waals surface area contributed by atoms with Crippen LogP contribution < -0.4 is 19.5 Å². The maximum atomic E-state index is 13.0. The van der Waals surface area contributed by atoms with Crippen LogP contribution in [0.2, 0.25) is 0 Å². The molecule has 1 N–H and O–H groups in total. The molecule has 3 aromatic carbocycles. The van der Waals surface area contributed by atoms with Crippen LogP contribution in [0.15, 0.2) is 66.7 Å². The van der Waals surface area contributed by atoms with Gasteiger partial charge >= 0.3 is 5.97 Å². The van der Waals surface area contributed by atoms with Crippen molar-refractivity contribution in [1.82, 2.24) is 4.90 Å². The molecule has 3 aromatic rings. The Morgan fingerprint density at radius 2 is 1.57 bits per heavy atom. The highest BCUT2D eigenvalue weighted by molar-refractivity contribution is 6.04. The highest BCUT2D eigenvalue weighted by Gasteiger charge is 2.15. The monoisotopic (exact) mass is 548 g/mol. The Balaban J connectivity index is 1.64. The van der Waals surface area contributed by atoms with E-state index < -0.39 is 5.97 Å². The van der Waals surface area contributed by atoms with Gasteiger partial charge in [0.25, 0.3) is 5.91 Å². The topological polar surface area (TPSA) is 86.3 Å². The third kappa shape index (κ3) is 8.74. The molecule has 0 atom stereocenters. The van der Waals surface area contributed by atoms with E-state index in [1.807, 2.05) is 30.3 Å². The minimum Gasteiger partial charge on any atom is -0.493 e. The van der Waals surface area contributed by atoms with Gasteiger partial charge in [-0.25, -0.2) is 4.79 Å². The van der Waals surface area contributed by atoms with Crippen molar-refractivity contribution >= 4 is 17.6 Å². The summed E-state index contributed by atoms with van der Waals surface area (Å²) in [6.45, 7) is 11.9. The Morgan fingerprint density at radius 1 is 0.850 bits per heavy atom. The zero-order chi connectivity index (χ0) is 29.1. The van der Waals surface area contributed by atoms with Crippen molar-refractivity contribution in [2.24, 2.45) is 0 Å². The summed E-state index contributed by atoms with van der Waals surface area (Å²) in [4.78, 5) is 26.9. The molecule has 3 rings (SSSR count). The Hall–Kier alpha value is -4.04. The number of nitrogens with zero attached hydrogens (tertiary/aromatic N) is 1. The van der Waals surface area contributed by atoms with Gasteiger partial charge in [-0.15, -0.1) is 0 Å². The fourth-order valence-electron chi connectivity index (χ4n) is 4.37. The number of rotatable bonds is 14. The molecule has 0 aliphatic heterocycles. The van der Waals surface area contributed by atoms with Crippen LogP contribution in [0.3, 0.4) is 0 Å². The molecule has 0 saturated heterocycles. The maximum Gasteiger partial charge on any atom is 0.344 e. The van der Waals surface area contributed by atoms with Crippen LogP contribution in [0.1, 0.15) is 45.0 Å². The van der Waals surface area contributed by atoms with Gasteiger partial charge < -0.3 is 24.3 Å². The first-order chi connectivity index (χ1) is 19.2. The molecule has 0 aliphatic carbocycles. The number of ether oxygens (including phenoxy) is 4. The van der Waals surface area contributed by atoms with E-state index in [2.05, 4.69) is 37.9 Å². The van der Waals surface area contributed by atoms with Crippen molar-refractivity contribution in [2.45, 2.75) is 46.7 Å². The molecule has 0 saturated carbocycles. The lowest BCUT2D eigenvalue weighted by atomic mass is 10.0. The van der Waals surface area contributed by atoms with Crippen LogP contribution >= 0.6 is 0 Å². The number of nitrogens with one attached hydrogen (secondary N) is 1. The predicted octanol–water partition coefficient (Wildman–Crippen LogP) is 6.05. The van der Waals surface area contributed by atoms with Crippen molar-refractivity contribution in [3.05, 3.63) is 72.3 Å². The van der Waals surface area contributed by atoms with Gasteiger partial charge in [0, 0.05) is 35.9 Å². The van der Waals surface area contributed by atoms with Crippen molar-refractivity contribution in [1.29, 1.82) is 0 Å². The van der Waals surface area contributed by atoms with Gasteiger partial charge in [-0.3, -0.25) is 9.69 Å². The summed E-state index contributed by atoms with van der Waals surface area (Å²) in [5.74, 6) is 1.10. The number of amides is 1. The van der Waals surface area contributed by atoms with Gasteiger partial charge in [0.05, 0.1) is 13.7 Å². The van der Waals surface area contributed by atoms with Crippen LogP contribution in [0.5, 0.6) is 17.2 Å². The lowest BCUT2D eigenvalue weighted by molar-refractivity contribution is -0.145. The van der Waals surface area contributed by atoms with E-state index in [9.17, 15) is 9.59 Å². The van der Waals surface area contributed by atoms with Crippen molar-refractivity contribution in [3.8, 4) is 28.4 Å². The van der Waals surface area contributed by atoms with Crippen molar-refractivity contribution in [3.63, 3.8) is 0 Å². The molecule has 0 aliphatic rings. The number of methoxy groups -OCH3 is 1. The van der Waals surface area contributed by atoms with E-state index in [1.165, 1.54) is 0 Å². The van der Waals surface area contributed by atoms with Gasteiger partial charge in [-0.2, -0.15) is 0 Å². The van der Waals surface area contributed by atoms with Gasteiger partial charge in [0.1, 0.15) is 12.4 Å². The molecular formula is C32H40N2O6. The van der Waals surface area contributed by atoms with Crippen LogP contribution in [0.4, 0.5) is 5.69 Å². The fourth-order valence-corrected chi connectivity index (χ4v) is 4.37. The van der Waals surface area contributed by atoms with Gasteiger partial charge in [0.15, 0.2) is 18.1 Å². The number of esters is 1. The van der Waals surface area contributed by atoms with E-state index in [0.29, 0.717) is 53.8 Å². The highest BCUT2D eigenvalue weighted by Crippen LogP contribution is 2.31. The molecule has 8 nitrogen and oxygen atoms in total. The summed E-state index contributed by atoms with van der Waals surface area (Å²) in [6.07, 6.45) is 0. The molecule has 8 heteroatoms. The highest BCUT2D eigenvalue weighted by atomic mass is 16.6. The minimum absolute atomic E-state index is 0.150. The molecule has 0 fully saturated rings. The van der Waals surface area contributed by atoms with E-state index in [0.717, 1.165) is 17.7 Å². The zero-order valence-electron chi connectivity index (χ0n) is 24.2. The zero-order valence-corrected chi connectivity index (χ0v) is 24.2. The molecule has 0 aromatic heterocycles. The SMILES string of the molecule is CCOC(=O)COc1cccc(-c2ccc(C(=O)Nc3ccc(OC)c(OCCN(C(C)C)C(C)C)c3)cc2)c1. The van der Waals surface area contributed by atoms with Crippen molar-refractivity contribution < 1.29 is 28.5 Å². The number of hydrogen-bond acceptors (Lipinski definition) is 7. The van der Waals surface area contributed by atoms with Crippen LogP contribution in [-0.4, -0.2) is 62.3 Å². The fraction of sp³-hybridized carbons (Fsp3) is 0.375. The lowest BCUT2D eigenvalue weighted by Crippen LogP contribution is -2.39. The molecule has 0 bridgehead atoms. The number of benzene rings is 3. The van der Waals surface area contributed by atoms with Crippen LogP contribution in [0.25, 0.3) is 11.1 Å². The minimum atomic E-state index is -0.414. The molecule has 214 valence electrons. The number of anilines is 1. The van der Waals surface area contributed by atoms with E-state index in [4.69, 9.17) is 18.9 Å². The second kappa shape index (κ2) is 14.9. The van der Waals surface area contributed by atoms with E-state index in [1.54, 1.807) is 50.4 Å². The second-order valence-corrected chi connectivity index (χ2v) is 9.79. The quantitative estimate of drug-likeness (QED) is 0.245. The van der Waals surface area contributed by atoms with Gasteiger partial charge in [-0.05, 0) is 82.1 Å². The molecule has 40 heavy (non-hydrogen) atoms. The van der Waals surface area contributed by atoms with Crippen molar-refractivity contribution in [2.75, 3.05) is 38.8 Å². The number of carbonyl (C=O) groups is 2. The Kier molecular flexibility index (Phi) is 11.4. The molecule has 0 radical (unpaired) electrons. The number of carbonyl (C=O) groups excluding carboxylic acids is 2. The number of hydrogen-bond donors (Lipinski definition) is 1. The Labute approximate surface area is 237 Å². The Bertz CT molecular complexity index is 1250. The smallest absolute Gasteiger partial charge is 0.344 e. The first-order valence-corrected chi connectivity index (χ1v) is 13.6. The van der Waals surface area contributed by atoms with Gasteiger partial charge in [-0.1, -0.05) is 24.3 Å². The van der Waals surface area contributed by atoms with Crippen LogP contribution in [0, 0.1) is 0 Å². The average Bonchev–Trinajstić information content (AvgIpc) is 2.94. The summed E-state index contributed by atoms with van der Waals surface area (Å²) >= 11 is 0. The lowest BCUT2D eigenvalue weighted by Gasteiger charge is -2.30. The molecule has 0 heterocycles. The van der Waals surface area contributed by atoms with Crippen LogP contribution in [-0.2, 0) is 9.53 Å². The summed E-state index contributed by atoms with van der Waals surface area (Å²) in [6, 6.07) is 20.9. The molecule has 1 amide bonds. The third-order valence-electron chi connectivity index (χ3n) is 6.33. The third-order valence-corrected chi connectivity index (χ3v) is 6.33. The molecule has 0 spiro atoms. The first kappa shape index (κ1) is 30.5. The maximum absolute atomic E-state index is 13.0. The predicted molar refractivity (Wildman–Crippen MR) is 157 cm³/mol. The Morgan fingerprint density at radius 3 is 2.23 bits per heavy atom. The molecule has 0 unspecified atom stereocenters. The normalized spacial score (nSPS) is 11.0. The standard InChI is InChI=1S/C32H40N2O6/c1-7-38-31(35)21-40-28-10-8-9-26(19-28)24-11-13-25(14-12-24)32(36)33-27-15-16-29(37-6)30(20-27)39-18-17-34(22(2)3)23(4)5/h8-16,19-20,22-23H,7,17-18,21H2,1-6H3,(H,33,36). The summed E-state index contributed by atoms with van der Waals surface area (Å²) in [7, 11) is 1.60. The molecular weight excluding hydrogens is 508 g/mol. The first-order valence-electron chi connectivity index (χ1n) is 13.6. The summed E-state index contributed by atoms with van der Waals surface area (Å²) < 4.78 is 21.9. The largest absolute Gasteiger partial charge is 0.493 e.